The lowest BCUT2D eigenvalue weighted by Crippen LogP contribution is -2.41. The van der Waals surface area contributed by atoms with Gasteiger partial charge >= 0.3 is 7.12 Å². The Balaban J connectivity index is 1.73. The summed E-state index contributed by atoms with van der Waals surface area (Å²) in [6.45, 7) is 10.1. The van der Waals surface area contributed by atoms with Gasteiger partial charge in [0.1, 0.15) is 11.5 Å². The summed E-state index contributed by atoms with van der Waals surface area (Å²) < 4.78 is 17.9. The molecule has 4 nitrogen and oxygen atoms in total. The second-order valence-electron chi connectivity index (χ2n) is 6.89. The highest BCUT2D eigenvalue weighted by Gasteiger charge is 2.51. The highest BCUT2D eigenvalue weighted by molar-refractivity contribution is 6.62. The molecule has 1 aromatic heterocycles. The smallest absolute Gasteiger partial charge is 0.457 e. The molecule has 1 aliphatic rings. The molecular formula is C18H22BNO3. The first-order valence-corrected chi connectivity index (χ1v) is 7.83. The van der Waals surface area contributed by atoms with Crippen LogP contribution in [0.25, 0.3) is 0 Å². The first-order chi connectivity index (χ1) is 10.8. The molecule has 0 amide bonds. The van der Waals surface area contributed by atoms with Crippen molar-refractivity contribution in [1.29, 1.82) is 0 Å². The Kier molecular flexibility index (Phi) is 3.94. The Morgan fingerprint density at radius 3 is 2.09 bits per heavy atom. The number of aryl methyl sites for hydroxylation is 1. The largest absolute Gasteiger partial charge is 0.494 e. The van der Waals surface area contributed by atoms with Crippen molar-refractivity contribution in [2.45, 2.75) is 45.8 Å². The normalized spacial score (nSPS) is 18.9. The average molecular weight is 311 g/mol. The minimum absolute atomic E-state index is 0.332. The standard InChI is InChI=1S/C18H22BNO3/c1-13-12-16(10-11-20-13)21-15-8-6-14(7-9-15)19-22-17(2,3)18(4,5)23-19/h6-12H,1-5H3. The molecule has 5 heteroatoms. The molecule has 3 rings (SSSR count). The molecule has 1 fully saturated rings. The second-order valence-corrected chi connectivity index (χ2v) is 6.89. The van der Waals surface area contributed by atoms with Crippen LogP contribution in [0.4, 0.5) is 0 Å². The van der Waals surface area contributed by atoms with Crippen LogP contribution < -0.4 is 10.2 Å². The Bertz CT molecular complexity index is 682. The lowest BCUT2D eigenvalue weighted by molar-refractivity contribution is 0.00578. The Morgan fingerprint density at radius 2 is 1.52 bits per heavy atom. The summed E-state index contributed by atoms with van der Waals surface area (Å²) >= 11 is 0. The van der Waals surface area contributed by atoms with Gasteiger partial charge in [0, 0.05) is 18.0 Å². The van der Waals surface area contributed by atoms with Gasteiger partial charge in [0.15, 0.2) is 0 Å². The number of ether oxygens (including phenoxy) is 1. The maximum absolute atomic E-state index is 6.05. The number of rotatable bonds is 3. The topological polar surface area (TPSA) is 40.6 Å². The Morgan fingerprint density at radius 1 is 0.913 bits per heavy atom. The van der Waals surface area contributed by atoms with Crippen molar-refractivity contribution in [2.75, 3.05) is 0 Å². The van der Waals surface area contributed by atoms with Gasteiger partial charge in [-0.25, -0.2) is 0 Å². The van der Waals surface area contributed by atoms with Gasteiger partial charge < -0.3 is 14.0 Å². The van der Waals surface area contributed by atoms with Crippen LogP contribution >= 0.6 is 0 Å². The van der Waals surface area contributed by atoms with E-state index in [1.54, 1.807) is 6.20 Å². The van der Waals surface area contributed by atoms with Crippen molar-refractivity contribution >= 4 is 12.6 Å². The number of nitrogens with zero attached hydrogens (tertiary/aromatic N) is 1. The zero-order valence-corrected chi connectivity index (χ0v) is 14.3. The number of hydrogen-bond donors (Lipinski definition) is 0. The van der Waals surface area contributed by atoms with Crippen molar-refractivity contribution in [2.24, 2.45) is 0 Å². The predicted octanol–water partition coefficient (Wildman–Crippen LogP) is 3.48. The summed E-state index contributed by atoms with van der Waals surface area (Å²) in [5.41, 5.74) is 1.25. The van der Waals surface area contributed by atoms with Crippen LogP contribution in [0.2, 0.25) is 0 Å². The van der Waals surface area contributed by atoms with Crippen LogP contribution in [-0.4, -0.2) is 23.3 Å². The van der Waals surface area contributed by atoms with E-state index in [0.29, 0.717) is 0 Å². The molecule has 0 N–H and O–H groups in total. The van der Waals surface area contributed by atoms with Crippen LogP contribution in [0, 0.1) is 6.92 Å². The lowest BCUT2D eigenvalue weighted by Gasteiger charge is -2.32. The average Bonchev–Trinajstić information content (AvgIpc) is 2.68. The zero-order chi connectivity index (χ0) is 16.7. The summed E-state index contributed by atoms with van der Waals surface area (Å²) in [7, 11) is -0.350. The van der Waals surface area contributed by atoms with Crippen LogP contribution in [0.3, 0.4) is 0 Å². The fourth-order valence-corrected chi connectivity index (χ4v) is 2.39. The van der Waals surface area contributed by atoms with E-state index in [2.05, 4.69) is 32.7 Å². The Labute approximate surface area is 137 Å². The minimum Gasteiger partial charge on any atom is -0.457 e. The molecule has 0 atom stereocenters. The van der Waals surface area contributed by atoms with Gasteiger partial charge in [0.05, 0.1) is 11.2 Å². The zero-order valence-electron chi connectivity index (χ0n) is 14.3. The SMILES string of the molecule is Cc1cc(Oc2ccc(B3OC(C)(C)C(C)(C)O3)cc2)ccn1. The van der Waals surface area contributed by atoms with Gasteiger partial charge in [-0.2, -0.15) is 0 Å². The summed E-state index contributed by atoms with van der Waals surface area (Å²) in [5.74, 6) is 1.55. The number of hydrogen-bond acceptors (Lipinski definition) is 4. The van der Waals surface area contributed by atoms with E-state index in [-0.39, 0.29) is 18.3 Å². The monoisotopic (exact) mass is 311 g/mol. The van der Waals surface area contributed by atoms with Gasteiger partial charge in [0.25, 0.3) is 0 Å². The summed E-state index contributed by atoms with van der Waals surface area (Å²) in [6, 6.07) is 11.6. The molecule has 2 aromatic rings. The molecule has 1 saturated heterocycles. The third-order valence-corrected chi connectivity index (χ3v) is 4.51. The molecule has 0 radical (unpaired) electrons. The third-order valence-electron chi connectivity index (χ3n) is 4.51. The van der Waals surface area contributed by atoms with Crippen LogP contribution in [0.5, 0.6) is 11.5 Å². The Hall–Kier alpha value is -1.85. The van der Waals surface area contributed by atoms with Gasteiger partial charge in [-0.15, -0.1) is 0 Å². The van der Waals surface area contributed by atoms with E-state index < -0.39 is 0 Å². The molecule has 0 aliphatic carbocycles. The lowest BCUT2D eigenvalue weighted by atomic mass is 9.79. The molecule has 120 valence electrons. The highest BCUT2D eigenvalue weighted by Crippen LogP contribution is 2.36. The molecule has 0 bridgehead atoms. The van der Waals surface area contributed by atoms with E-state index in [1.807, 2.05) is 43.3 Å². The molecule has 0 unspecified atom stereocenters. The summed E-state index contributed by atoms with van der Waals surface area (Å²) in [6.07, 6.45) is 1.74. The maximum atomic E-state index is 6.05. The van der Waals surface area contributed by atoms with Crippen molar-refractivity contribution in [1.82, 2.24) is 4.98 Å². The van der Waals surface area contributed by atoms with Gasteiger partial charge in [-0.1, -0.05) is 12.1 Å². The van der Waals surface area contributed by atoms with Gasteiger partial charge in [0.2, 0.25) is 0 Å². The molecule has 2 heterocycles. The predicted molar refractivity (Wildman–Crippen MR) is 91.2 cm³/mol. The molecule has 1 aromatic carbocycles. The van der Waals surface area contributed by atoms with Crippen molar-refractivity contribution in [3.05, 3.63) is 48.3 Å². The first kappa shape index (κ1) is 16.0. The van der Waals surface area contributed by atoms with Crippen LogP contribution in [-0.2, 0) is 9.31 Å². The van der Waals surface area contributed by atoms with E-state index in [0.717, 1.165) is 22.7 Å². The number of benzene rings is 1. The fourth-order valence-electron chi connectivity index (χ4n) is 2.39. The summed E-state index contributed by atoms with van der Waals surface area (Å²) in [5, 5.41) is 0. The molecule has 23 heavy (non-hydrogen) atoms. The number of pyridine rings is 1. The van der Waals surface area contributed by atoms with Gasteiger partial charge in [-0.3, -0.25) is 4.98 Å². The first-order valence-electron chi connectivity index (χ1n) is 7.83. The highest BCUT2D eigenvalue weighted by atomic mass is 16.7. The van der Waals surface area contributed by atoms with Gasteiger partial charge in [-0.05, 0) is 58.3 Å². The molecule has 0 saturated carbocycles. The quantitative estimate of drug-likeness (QED) is 0.814. The minimum atomic E-state index is -0.350. The molecular weight excluding hydrogens is 289 g/mol. The van der Waals surface area contributed by atoms with E-state index in [1.165, 1.54) is 0 Å². The molecule has 1 aliphatic heterocycles. The second kappa shape index (κ2) is 5.66. The van der Waals surface area contributed by atoms with E-state index in [4.69, 9.17) is 14.0 Å². The van der Waals surface area contributed by atoms with Crippen molar-refractivity contribution < 1.29 is 14.0 Å². The number of aromatic nitrogens is 1. The fraction of sp³-hybridized carbons (Fsp3) is 0.389. The van der Waals surface area contributed by atoms with Crippen molar-refractivity contribution in [3.8, 4) is 11.5 Å². The third kappa shape index (κ3) is 3.26. The molecule has 0 spiro atoms. The van der Waals surface area contributed by atoms with Crippen molar-refractivity contribution in [3.63, 3.8) is 0 Å². The summed E-state index contributed by atoms with van der Waals surface area (Å²) in [4.78, 5) is 4.16. The van der Waals surface area contributed by atoms with E-state index in [9.17, 15) is 0 Å². The van der Waals surface area contributed by atoms with Crippen LogP contribution in [0.1, 0.15) is 33.4 Å². The van der Waals surface area contributed by atoms with Crippen LogP contribution in [0.15, 0.2) is 42.6 Å². The maximum Gasteiger partial charge on any atom is 0.494 e. The van der Waals surface area contributed by atoms with E-state index >= 15 is 0 Å².